The van der Waals surface area contributed by atoms with Gasteiger partial charge in [0.05, 0.1) is 23.0 Å². The molecule has 0 radical (unpaired) electrons. The molecule has 0 amide bonds. The Kier molecular flexibility index (Phi) is 7.46. The molecule has 0 aliphatic rings. The van der Waals surface area contributed by atoms with Gasteiger partial charge in [0.25, 0.3) is 0 Å². The summed E-state index contributed by atoms with van der Waals surface area (Å²) in [6, 6.07) is 55.7. The Morgan fingerprint density at radius 1 is 0.431 bits per heavy atom. The third-order valence-corrected chi connectivity index (χ3v) is 9.21. The van der Waals surface area contributed by atoms with Crippen LogP contribution >= 0.6 is 0 Å². The minimum Gasteiger partial charge on any atom is -0.456 e. The van der Waals surface area contributed by atoms with Gasteiger partial charge in [-0.1, -0.05) is 97.1 Å². The molecule has 5 nitrogen and oxygen atoms in total. The van der Waals surface area contributed by atoms with Crippen LogP contribution in [0.2, 0.25) is 0 Å². The minimum atomic E-state index is 0.569. The SMILES string of the molecule is N#Cc1ccc2c(c1)oc1cc(-c3cc(-c4cccnc4)cc(-c4nc(-c5ccccc5)cc(-c5ccc(-c6ccccc6)cc5)n4)c3)ccc12. The van der Waals surface area contributed by atoms with E-state index in [-0.39, 0.29) is 0 Å². The molecular weight excluding hydrogens is 625 g/mol. The van der Waals surface area contributed by atoms with Crippen molar-refractivity contribution in [3.8, 4) is 73.4 Å². The number of pyridine rings is 1. The van der Waals surface area contributed by atoms with Crippen molar-refractivity contribution in [2.75, 3.05) is 0 Å². The zero-order valence-corrected chi connectivity index (χ0v) is 27.4. The molecule has 5 heteroatoms. The lowest BCUT2D eigenvalue weighted by atomic mass is 9.95. The average molecular weight is 653 g/mol. The summed E-state index contributed by atoms with van der Waals surface area (Å²) in [6.07, 6.45) is 3.66. The van der Waals surface area contributed by atoms with Crippen LogP contribution in [-0.4, -0.2) is 15.0 Å². The van der Waals surface area contributed by atoms with Gasteiger partial charge >= 0.3 is 0 Å². The molecule has 3 aromatic heterocycles. The molecule has 0 aliphatic carbocycles. The lowest BCUT2D eigenvalue weighted by Crippen LogP contribution is -1.97. The highest BCUT2D eigenvalue weighted by molar-refractivity contribution is 6.06. The van der Waals surface area contributed by atoms with Crippen LogP contribution in [0.3, 0.4) is 0 Å². The Hall–Kier alpha value is -7.16. The highest BCUT2D eigenvalue weighted by atomic mass is 16.3. The monoisotopic (exact) mass is 652 g/mol. The van der Waals surface area contributed by atoms with Gasteiger partial charge in [-0.05, 0) is 88.5 Å². The summed E-state index contributed by atoms with van der Waals surface area (Å²) in [4.78, 5) is 14.8. The van der Waals surface area contributed by atoms with Crippen molar-refractivity contribution >= 4 is 21.9 Å². The third-order valence-electron chi connectivity index (χ3n) is 9.21. The van der Waals surface area contributed by atoms with Crippen molar-refractivity contribution < 1.29 is 4.42 Å². The van der Waals surface area contributed by atoms with Gasteiger partial charge in [0.1, 0.15) is 11.2 Å². The van der Waals surface area contributed by atoms with E-state index in [1.165, 1.54) is 5.56 Å². The van der Waals surface area contributed by atoms with Crippen LogP contribution < -0.4 is 0 Å². The van der Waals surface area contributed by atoms with E-state index in [2.05, 4.69) is 120 Å². The summed E-state index contributed by atoms with van der Waals surface area (Å²) >= 11 is 0. The van der Waals surface area contributed by atoms with Crippen molar-refractivity contribution in [3.05, 3.63) is 176 Å². The van der Waals surface area contributed by atoms with E-state index in [0.717, 1.165) is 72.3 Å². The molecule has 0 fully saturated rings. The standard InChI is InChI=1S/C46H28N4O/c47-28-30-13-19-40-41-20-18-35(26-45(41)51-44(40)22-30)37-23-38(36-12-7-21-48-29-36)25-39(24-37)46-49-42(33-10-5-2-6-11-33)27-43(50-46)34-16-14-32(15-17-34)31-8-3-1-4-9-31/h1-27,29H. The Bertz CT molecular complexity index is 2730. The predicted molar refractivity (Wildman–Crippen MR) is 204 cm³/mol. The smallest absolute Gasteiger partial charge is 0.160 e. The molecule has 3 heterocycles. The first kappa shape index (κ1) is 29.9. The Balaban J connectivity index is 1.21. The van der Waals surface area contributed by atoms with Gasteiger partial charge in [0.15, 0.2) is 5.82 Å². The average Bonchev–Trinajstić information content (AvgIpc) is 3.58. The zero-order chi connectivity index (χ0) is 34.1. The number of fused-ring (bicyclic) bond motifs is 3. The van der Waals surface area contributed by atoms with Crippen molar-refractivity contribution in [1.82, 2.24) is 15.0 Å². The molecule has 0 saturated carbocycles. The normalized spacial score (nSPS) is 11.1. The van der Waals surface area contributed by atoms with Crippen molar-refractivity contribution in [1.29, 1.82) is 5.26 Å². The third kappa shape index (κ3) is 5.82. The molecule has 0 saturated heterocycles. The van der Waals surface area contributed by atoms with Crippen molar-refractivity contribution in [3.63, 3.8) is 0 Å². The van der Waals surface area contributed by atoms with Gasteiger partial charge in [-0.2, -0.15) is 5.26 Å². The number of aromatic nitrogens is 3. The molecule has 9 rings (SSSR count). The number of hydrogen-bond acceptors (Lipinski definition) is 5. The zero-order valence-electron chi connectivity index (χ0n) is 27.4. The number of nitriles is 1. The van der Waals surface area contributed by atoms with E-state index < -0.39 is 0 Å². The van der Waals surface area contributed by atoms with E-state index >= 15 is 0 Å². The van der Waals surface area contributed by atoms with Crippen LogP contribution in [0.5, 0.6) is 0 Å². The lowest BCUT2D eigenvalue weighted by molar-refractivity contribution is 0.669. The summed E-state index contributed by atoms with van der Waals surface area (Å²) in [5.41, 5.74) is 12.9. The maximum absolute atomic E-state index is 9.42. The first-order valence-corrected chi connectivity index (χ1v) is 16.7. The lowest BCUT2D eigenvalue weighted by Gasteiger charge is -2.13. The summed E-state index contributed by atoms with van der Waals surface area (Å²) in [6.45, 7) is 0. The van der Waals surface area contributed by atoms with Gasteiger partial charge in [-0.3, -0.25) is 4.98 Å². The fourth-order valence-corrected chi connectivity index (χ4v) is 6.59. The number of furan rings is 1. The molecule has 0 aliphatic heterocycles. The molecule has 0 unspecified atom stereocenters. The van der Waals surface area contributed by atoms with Gasteiger partial charge in [-0.15, -0.1) is 0 Å². The largest absolute Gasteiger partial charge is 0.456 e. The van der Waals surface area contributed by atoms with E-state index in [1.54, 1.807) is 12.3 Å². The molecule has 9 aromatic rings. The fourth-order valence-electron chi connectivity index (χ4n) is 6.59. The highest BCUT2D eigenvalue weighted by Crippen LogP contribution is 2.37. The second kappa shape index (κ2) is 12.7. The predicted octanol–water partition coefficient (Wildman–Crippen LogP) is 11.6. The van der Waals surface area contributed by atoms with Crippen LogP contribution in [0.25, 0.3) is 89.2 Å². The van der Waals surface area contributed by atoms with Crippen LogP contribution in [0.4, 0.5) is 0 Å². The molecule has 6 aromatic carbocycles. The molecule has 0 spiro atoms. The van der Waals surface area contributed by atoms with Crippen molar-refractivity contribution in [2.45, 2.75) is 0 Å². The van der Waals surface area contributed by atoms with Crippen LogP contribution in [0.1, 0.15) is 5.56 Å². The number of nitrogens with zero attached hydrogens (tertiary/aromatic N) is 4. The molecule has 0 bridgehead atoms. The summed E-state index contributed by atoms with van der Waals surface area (Å²) in [5, 5.41) is 11.4. The molecule has 0 atom stereocenters. The summed E-state index contributed by atoms with van der Waals surface area (Å²) in [5.74, 6) is 0.624. The summed E-state index contributed by atoms with van der Waals surface area (Å²) in [7, 11) is 0. The number of benzene rings is 6. The van der Waals surface area contributed by atoms with E-state index in [4.69, 9.17) is 14.4 Å². The second-order valence-electron chi connectivity index (χ2n) is 12.4. The first-order chi connectivity index (χ1) is 25.2. The fraction of sp³-hybridized carbons (Fsp3) is 0. The second-order valence-corrected chi connectivity index (χ2v) is 12.4. The first-order valence-electron chi connectivity index (χ1n) is 16.7. The molecule has 0 N–H and O–H groups in total. The van der Waals surface area contributed by atoms with E-state index in [1.807, 2.05) is 48.7 Å². The van der Waals surface area contributed by atoms with Crippen LogP contribution in [0, 0.1) is 11.3 Å². The van der Waals surface area contributed by atoms with Gasteiger partial charge in [0, 0.05) is 45.4 Å². The van der Waals surface area contributed by atoms with Crippen LogP contribution in [0.15, 0.2) is 175 Å². The van der Waals surface area contributed by atoms with Gasteiger partial charge < -0.3 is 4.42 Å². The Morgan fingerprint density at radius 3 is 1.67 bits per heavy atom. The Labute approximate surface area is 294 Å². The van der Waals surface area contributed by atoms with Gasteiger partial charge in [0.2, 0.25) is 0 Å². The summed E-state index contributed by atoms with van der Waals surface area (Å²) < 4.78 is 6.27. The number of hydrogen-bond donors (Lipinski definition) is 0. The highest BCUT2D eigenvalue weighted by Gasteiger charge is 2.16. The van der Waals surface area contributed by atoms with Crippen LogP contribution in [-0.2, 0) is 0 Å². The van der Waals surface area contributed by atoms with Crippen molar-refractivity contribution in [2.24, 2.45) is 0 Å². The molecular formula is C46H28N4O. The van der Waals surface area contributed by atoms with E-state index in [0.29, 0.717) is 17.0 Å². The van der Waals surface area contributed by atoms with Gasteiger partial charge in [-0.25, -0.2) is 9.97 Å². The quantitative estimate of drug-likeness (QED) is 0.179. The maximum atomic E-state index is 9.42. The maximum Gasteiger partial charge on any atom is 0.160 e. The Morgan fingerprint density at radius 2 is 0.980 bits per heavy atom. The molecule has 238 valence electrons. The number of rotatable bonds is 6. The minimum absolute atomic E-state index is 0.569. The molecule has 51 heavy (non-hydrogen) atoms. The topological polar surface area (TPSA) is 75.6 Å². The van der Waals surface area contributed by atoms with E-state index in [9.17, 15) is 5.26 Å².